The van der Waals surface area contributed by atoms with E-state index in [1.807, 2.05) is 42.5 Å². The third kappa shape index (κ3) is 5.45. The van der Waals surface area contributed by atoms with Gasteiger partial charge in [-0.1, -0.05) is 48.5 Å². The number of hydrogen-bond donors (Lipinski definition) is 2. The van der Waals surface area contributed by atoms with Crippen LogP contribution in [0.25, 0.3) is 10.8 Å². The number of sulfonamides is 1. The van der Waals surface area contributed by atoms with E-state index in [0.29, 0.717) is 5.69 Å². The van der Waals surface area contributed by atoms with Gasteiger partial charge >= 0.3 is 0 Å². The summed E-state index contributed by atoms with van der Waals surface area (Å²) in [5.41, 5.74) is 1.23. The Morgan fingerprint density at radius 3 is 2.13 bits per heavy atom. The first-order valence-corrected chi connectivity index (χ1v) is 12.1. The Hall–Kier alpha value is -3.29. The average Bonchev–Trinajstić information content (AvgIpc) is 2.79. The topological polar surface area (TPSA) is 75.3 Å². The van der Waals surface area contributed by atoms with Gasteiger partial charge in [0.15, 0.2) is 0 Å². The van der Waals surface area contributed by atoms with Crippen LogP contribution in [0.3, 0.4) is 0 Å². The van der Waals surface area contributed by atoms with E-state index >= 15 is 0 Å². The number of rotatable bonds is 7. The highest BCUT2D eigenvalue weighted by Crippen LogP contribution is 2.23. The molecule has 0 aromatic heterocycles. The first kappa shape index (κ1) is 21.0. The summed E-state index contributed by atoms with van der Waals surface area (Å²) in [4.78, 5) is 13.4. The molecule has 0 aliphatic rings. The highest BCUT2D eigenvalue weighted by molar-refractivity contribution is 8.00. The van der Waals surface area contributed by atoms with E-state index in [0.717, 1.165) is 21.4 Å². The zero-order chi connectivity index (χ0) is 21.7. The fourth-order valence-electron chi connectivity index (χ4n) is 3.05. The number of amides is 1. The average molecular weight is 449 g/mol. The van der Waals surface area contributed by atoms with Crippen LogP contribution in [0.4, 0.5) is 11.4 Å². The number of hydrogen-bond acceptors (Lipinski definition) is 4. The maximum absolute atomic E-state index is 12.4. The summed E-state index contributed by atoms with van der Waals surface area (Å²) in [7, 11) is -3.62. The van der Waals surface area contributed by atoms with Crippen LogP contribution in [0.1, 0.15) is 0 Å². The van der Waals surface area contributed by atoms with Gasteiger partial charge in [0.25, 0.3) is 10.0 Å². The largest absolute Gasteiger partial charge is 0.325 e. The zero-order valence-corrected chi connectivity index (χ0v) is 18.1. The van der Waals surface area contributed by atoms with Gasteiger partial charge in [0.2, 0.25) is 5.91 Å². The molecule has 7 heteroatoms. The van der Waals surface area contributed by atoms with Crippen molar-refractivity contribution in [3.63, 3.8) is 0 Å². The summed E-state index contributed by atoms with van der Waals surface area (Å²) in [5, 5.41) is 5.11. The van der Waals surface area contributed by atoms with Gasteiger partial charge in [-0.15, -0.1) is 11.8 Å². The Bertz CT molecular complexity index is 1310. The molecule has 0 atom stereocenters. The van der Waals surface area contributed by atoms with Crippen molar-refractivity contribution < 1.29 is 13.2 Å². The zero-order valence-electron chi connectivity index (χ0n) is 16.5. The molecular formula is C24H20N2O3S2. The van der Waals surface area contributed by atoms with Gasteiger partial charge in [-0.3, -0.25) is 9.52 Å². The third-order valence-electron chi connectivity index (χ3n) is 4.56. The molecule has 0 aliphatic heterocycles. The first-order valence-electron chi connectivity index (χ1n) is 9.59. The number of anilines is 2. The summed E-state index contributed by atoms with van der Waals surface area (Å²) in [5.74, 6) is 0.149. The second kappa shape index (κ2) is 9.24. The molecule has 5 nitrogen and oxygen atoms in total. The Morgan fingerprint density at radius 1 is 0.742 bits per heavy atom. The molecule has 0 fully saturated rings. The Kier molecular flexibility index (Phi) is 6.25. The van der Waals surface area contributed by atoms with Crippen LogP contribution in [-0.4, -0.2) is 20.1 Å². The molecule has 0 radical (unpaired) electrons. The van der Waals surface area contributed by atoms with Gasteiger partial charge in [0, 0.05) is 16.3 Å². The van der Waals surface area contributed by atoms with Gasteiger partial charge in [-0.05, 0) is 59.3 Å². The molecule has 4 aromatic rings. The lowest BCUT2D eigenvalue weighted by molar-refractivity contribution is -0.113. The second-order valence-corrected chi connectivity index (χ2v) is 9.57. The molecule has 156 valence electrons. The monoisotopic (exact) mass is 448 g/mol. The highest BCUT2D eigenvalue weighted by atomic mass is 32.2. The Labute approximate surface area is 185 Å². The van der Waals surface area contributed by atoms with E-state index in [1.165, 1.54) is 11.8 Å². The quantitative estimate of drug-likeness (QED) is 0.373. The van der Waals surface area contributed by atoms with E-state index in [9.17, 15) is 13.2 Å². The van der Waals surface area contributed by atoms with Crippen molar-refractivity contribution in [3.05, 3.63) is 97.1 Å². The van der Waals surface area contributed by atoms with Crippen LogP contribution in [-0.2, 0) is 14.8 Å². The predicted molar refractivity (Wildman–Crippen MR) is 127 cm³/mol. The molecule has 0 heterocycles. The van der Waals surface area contributed by atoms with Gasteiger partial charge in [0.05, 0.1) is 10.6 Å². The molecule has 4 aromatic carbocycles. The summed E-state index contributed by atoms with van der Waals surface area (Å²) >= 11 is 1.39. The predicted octanol–water partition coefficient (Wildman–Crippen LogP) is 5.37. The van der Waals surface area contributed by atoms with Gasteiger partial charge in [0.1, 0.15) is 0 Å². The van der Waals surface area contributed by atoms with E-state index in [-0.39, 0.29) is 16.6 Å². The maximum Gasteiger partial charge on any atom is 0.261 e. The number of benzene rings is 4. The summed E-state index contributed by atoms with van der Waals surface area (Å²) in [6, 6.07) is 29.0. The summed E-state index contributed by atoms with van der Waals surface area (Å²) < 4.78 is 27.3. The number of carbonyl (C=O) groups is 1. The second-order valence-electron chi connectivity index (χ2n) is 6.84. The minimum atomic E-state index is -3.62. The molecule has 0 saturated carbocycles. The molecule has 4 rings (SSSR count). The summed E-state index contributed by atoms with van der Waals surface area (Å²) in [6.07, 6.45) is 0. The molecule has 1 amide bonds. The SMILES string of the molecule is O=C(CSc1ccc(NS(=O)(=O)c2ccccc2)cc1)Nc1ccc2ccccc2c1. The smallest absolute Gasteiger partial charge is 0.261 e. The number of fused-ring (bicyclic) bond motifs is 1. The van der Waals surface area contributed by atoms with E-state index in [1.54, 1.807) is 54.6 Å². The van der Waals surface area contributed by atoms with Gasteiger partial charge in [-0.2, -0.15) is 0 Å². The highest BCUT2D eigenvalue weighted by Gasteiger charge is 2.13. The van der Waals surface area contributed by atoms with Gasteiger partial charge in [-0.25, -0.2) is 8.42 Å². The first-order chi connectivity index (χ1) is 15.0. The van der Waals surface area contributed by atoms with Crippen LogP contribution in [0.15, 0.2) is 107 Å². The third-order valence-corrected chi connectivity index (χ3v) is 6.97. The van der Waals surface area contributed by atoms with Crippen molar-refractivity contribution in [2.24, 2.45) is 0 Å². The van der Waals surface area contributed by atoms with Crippen LogP contribution in [0, 0.1) is 0 Å². The van der Waals surface area contributed by atoms with Crippen LogP contribution < -0.4 is 10.0 Å². The van der Waals surface area contributed by atoms with Crippen molar-refractivity contribution in [2.75, 3.05) is 15.8 Å². The molecule has 0 aliphatic carbocycles. The van der Waals surface area contributed by atoms with Crippen LogP contribution in [0.5, 0.6) is 0 Å². The molecule has 0 unspecified atom stereocenters. The lowest BCUT2D eigenvalue weighted by Gasteiger charge is -2.09. The van der Waals surface area contributed by atoms with E-state index in [4.69, 9.17) is 0 Å². The van der Waals surface area contributed by atoms with E-state index < -0.39 is 10.0 Å². The number of carbonyl (C=O) groups excluding carboxylic acids is 1. The normalized spacial score (nSPS) is 11.2. The van der Waals surface area contributed by atoms with Crippen LogP contribution in [0.2, 0.25) is 0 Å². The van der Waals surface area contributed by atoms with Gasteiger partial charge < -0.3 is 5.32 Å². The maximum atomic E-state index is 12.4. The Balaban J connectivity index is 1.33. The summed E-state index contributed by atoms with van der Waals surface area (Å²) in [6.45, 7) is 0. The van der Waals surface area contributed by atoms with Crippen molar-refractivity contribution in [2.45, 2.75) is 9.79 Å². The number of thioether (sulfide) groups is 1. The van der Waals surface area contributed by atoms with Crippen LogP contribution >= 0.6 is 11.8 Å². The van der Waals surface area contributed by atoms with Crippen molar-refractivity contribution >= 4 is 49.8 Å². The Morgan fingerprint density at radius 2 is 1.39 bits per heavy atom. The lowest BCUT2D eigenvalue weighted by Crippen LogP contribution is -2.14. The fourth-order valence-corrected chi connectivity index (χ4v) is 4.82. The lowest BCUT2D eigenvalue weighted by atomic mass is 10.1. The minimum Gasteiger partial charge on any atom is -0.325 e. The molecular weight excluding hydrogens is 428 g/mol. The number of nitrogens with one attached hydrogen (secondary N) is 2. The van der Waals surface area contributed by atoms with Crippen molar-refractivity contribution in [3.8, 4) is 0 Å². The molecule has 0 saturated heterocycles. The standard InChI is InChI=1S/C24H20N2O3S2/c27-24(25-21-11-10-18-6-4-5-7-19(18)16-21)17-30-22-14-12-20(13-15-22)26-31(28,29)23-8-2-1-3-9-23/h1-16,26H,17H2,(H,25,27). The molecule has 31 heavy (non-hydrogen) atoms. The fraction of sp³-hybridized carbons (Fsp3) is 0.0417. The minimum absolute atomic E-state index is 0.103. The van der Waals surface area contributed by atoms with Crippen molar-refractivity contribution in [1.29, 1.82) is 0 Å². The molecule has 2 N–H and O–H groups in total. The molecule has 0 bridgehead atoms. The van der Waals surface area contributed by atoms with Crippen molar-refractivity contribution in [1.82, 2.24) is 0 Å². The molecule has 0 spiro atoms. The van der Waals surface area contributed by atoms with E-state index in [2.05, 4.69) is 10.0 Å².